The average molecular weight is 880 g/mol. The van der Waals surface area contributed by atoms with Crippen LogP contribution in [0.1, 0.15) is 22.3 Å². The van der Waals surface area contributed by atoms with Gasteiger partial charge in [-0.3, -0.25) is 0 Å². The second kappa shape index (κ2) is 16.7. The first-order valence-corrected chi connectivity index (χ1v) is 23.7. The van der Waals surface area contributed by atoms with Gasteiger partial charge in [0.25, 0.3) is 0 Å². The number of para-hydroxylation sites is 2. The van der Waals surface area contributed by atoms with Crippen LogP contribution in [0.15, 0.2) is 277 Å². The van der Waals surface area contributed by atoms with Gasteiger partial charge in [-0.15, -0.1) is 0 Å². The van der Waals surface area contributed by atoms with Crippen molar-refractivity contribution in [3.63, 3.8) is 0 Å². The predicted molar refractivity (Wildman–Crippen MR) is 287 cm³/mol. The summed E-state index contributed by atoms with van der Waals surface area (Å²) in [5, 5.41) is 2.24. The third-order valence-electron chi connectivity index (χ3n) is 14.2. The van der Waals surface area contributed by atoms with Gasteiger partial charge in [-0.2, -0.15) is 0 Å². The summed E-state index contributed by atoms with van der Waals surface area (Å²) in [5.74, 6) is 0. The lowest BCUT2D eigenvalue weighted by Gasteiger charge is -2.34. The maximum Gasteiger partial charge on any atom is 0.143 e. The van der Waals surface area contributed by atoms with Gasteiger partial charge in [-0.25, -0.2) is 0 Å². The van der Waals surface area contributed by atoms with E-state index in [4.69, 9.17) is 4.42 Å². The van der Waals surface area contributed by atoms with Gasteiger partial charge in [-0.1, -0.05) is 224 Å². The Bertz CT molecular complexity index is 3760. The van der Waals surface area contributed by atoms with Crippen molar-refractivity contribution in [1.29, 1.82) is 0 Å². The monoisotopic (exact) mass is 879 g/mol. The third kappa shape index (κ3) is 6.72. The van der Waals surface area contributed by atoms with Crippen LogP contribution in [0.3, 0.4) is 0 Å². The van der Waals surface area contributed by atoms with Crippen molar-refractivity contribution in [2.24, 2.45) is 0 Å². The molecule has 2 nitrogen and oxygen atoms in total. The van der Waals surface area contributed by atoms with Crippen molar-refractivity contribution in [3.05, 3.63) is 295 Å². The molecule has 0 unspecified atom stereocenters. The van der Waals surface area contributed by atoms with E-state index in [0.717, 1.165) is 66.8 Å². The molecule has 69 heavy (non-hydrogen) atoms. The molecule has 11 aromatic carbocycles. The van der Waals surface area contributed by atoms with E-state index >= 15 is 0 Å². The molecule has 0 atom stereocenters. The standard InChI is InChI=1S/C67H45NO/c1-5-18-46(19-6-1)47-32-37-53(38-33-47)68(55-41-43-56(62(45-55)49-20-7-2-8-21-49)60-28-17-29-61-59-27-14-16-31-65(59)69-66(60)61)54-39-34-48(35-40-54)50-36-42-58-57-26-13-15-30-63(57)67(64(58)44-50,51-22-9-3-10-23-51)52-24-11-4-12-25-52/h1-45H. The second-order valence-electron chi connectivity index (χ2n) is 18.0. The fourth-order valence-electron chi connectivity index (χ4n) is 11.0. The van der Waals surface area contributed by atoms with Crippen molar-refractivity contribution < 1.29 is 4.42 Å². The number of nitrogens with zero attached hydrogens (tertiary/aromatic N) is 1. The molecule has 0 saturated heterocycles. The first kappa shape index (κ1) is 40.3. The van der Waals surface area contributed by atoms with Gasteiger partial charge in [0.05, 0.1) is 5.41 Å². The summed E-state index contributed by atoms with van der Waals surface area (Å²) in [6, 6.07) is 99.1. The Balaban J connectivity index is 0.956. The quantitative estimate of drug-likeness (QED) is 0.144. The zero-order valence-electron chi connectivity index (χ0n) is 37.8. The molecule has 13 rings (SSSR count). The number of rotatable bonds is 9. The first-order chi connectivity index (χ1) is 34.2. The Morgan fingerprint density at radius 3 is 1.43 bits per heavy atom. The molecule has 1 heterocycles. The van der Waals surface area contributed by atoms with E-state index in [9.17, 15) is 0 Å². The smallest absolute Gasteiger partial charge is 0.143 e. The van der Waals surface area contributed by atoms with Crippen molar-refractivity contribution in [1.82, 2.24) is 0 Å². The number of benzene rings is 11. The molecule has 2 heteroatoms. The number of hydrogen-bond acceptors (Lipinski definition) is 2. The normalized spacial score (nSPS) is 12.5. The van der Waals surface area contributed by atoms with Crippen LogP contribution in [0, 0.1) is 0 Å². The summed E-state index contributed by atoms with van der Waals surface area (Å²) < 4.78 is 6.63. The number of fused-ring (bicyclic) bond motifs is 6. The van der Waals surface area contributed by atoms with Crippen LogP contribution in [0.25, 0.3) is 77.6 Å². The third-order valence-corrected chi connectivity index (χ3v) is 14.2. The van der Waals surface area contributed by atoms with Crippen LogP contribution >= 0.6 is 0 Å². The van der Waals surface area contributed by atoms with Crippen molar-refractivity contribution in [3.8, 4) is 55.6 Å². The molecule has 1 aromatic heterocycles. The summed E-state index contributed by atoms with van der Waals surface area (Å²) in [5.41, 5.74) is 21.4. The highest BCUT2D eigenvalue weighted by Crippen LogP contribution is 2.57. The second-order valence-corrected chi connectivity index (χ2v) is 18.0. The largest absolute Gasteiger partial charge is 0.455 e. The number of furan rings is 1. The molecule has 0 saturated carbocycles. The van der Waals surface area contributed by atoms with Crippen LogP contribution in [-0.4, -0.2) is 0 Å². The highest BCUT2D eigenvalue weighted by molar-refractivity contribution is 6.11. The number of hydrogen-bond donors (Lipinski definition) is 0. The molecule has 0 amide bonds. The summed E-state index contributed by atoms with van der Waals surface area (Å²) in [7, 11) is 0. The van der Waals surface area contributed by atoms with Crippen LogP contribution in [0.2, 0.25) is 0 Å². The lowest BCUT2D eigenvalue weighted by atomic mass is 9.67. The average Bonchev–Trinajstić information content (AvgIpc) is 3.96. The van der Waals surface area contributed by atoms with Crippen LogP contribution in [0.4, 0.5) is 17.1 Å². The van der Waals surface area contributed by atoms with Gasteiger partial charge in [-0.05, 0) is 121 Å². The molecule has 1 aliphatic rings. The van der Waals surface area contributed by atoms with Gasteiger partial charge < -0.3 is 9.32 Å². The van der Waals surface area contributed by atoms with Gasteiger partial charge in [0.2, 0.25) is 0 Å². The fraction of sp³-hybridized carbons (Fsp3) is 0.0149. The van der Waals surface area contributed by atoms with Gasteiger partial charge in [0, 0.05) is 33.4 Å². The first-order valence-electron chi connectivity index (χ1n) is 23.7. The van der Waals surface area contributed by atoms with Crippen LogP contribution in [-0.2, 0) is 5.41 Å². The van der Waals surface area contributed by atoms with Gasteiger partial charge in [0.1, 0.15) is 11.2 Å². The molecular formula is C67H45NO. The molecule has 0 radical (unpaired) electrons. The molecule has 12 aromatic rings. The molecule has 324 valence electrons. The van der Waals surface area contributed by atoms with Gasteiger partial charge in [0.15, 0.2) is 0 Å². The lowest BCUT2D eigenvalue weighted by molar-refractivity contribution is 0.670. The van der Waals surface area contributed by atoms with E-state index in [1.165, 1.54) is 50.1 Å². The minimum absolute atomic E-state index is 0.467. The topological polar surface area (TPSA) is 16.4 Å². The predicted octanol–water partition coefficient (Wildman–Crippen LogP) is 18.1. The summed E-state index contributed by atoms with van der Waals surface area (Å²) in [6.45, 7) is 0. The Hall–Kier alpha value is -8.98. The van der Waals surface area contributed by atoms with Crippen LogP contribution in [0.5, 0.6) is 0 Å². The van der Waals surface area contributed by atoms with E-state index in [0.29, 0.717) is 0 Å². The maximum absolute atomic E-state index is 6.63. The molecule has 0 aliphatic heterocycles. The Labute approximate surface area is 402 Å². The molecule has 1 aliphatic carbocycles. The highest BCUT2D eigenvalue weighted by atomic mass is 16.3. The van der Waals surface area contributed by atoms with Crippen molar-refractivity contribution in [2.45, 2.75) is 5.41 Å². The van der Waals surface area contributed by atoms with E-state index < -0.39 is 5.41 Å². The van der Waals surface area contributed by atoms with Gasteiger partial charge >= 0.3 is 0 Å². The Morgan fingerprint density at radius 1 is 0.275 bits per heavy atom. The van der Waals surface area contributed by atoms with E-state index in [2.05, 4.69) is 272 Å². The Kier molecular flexibility index (Phi) is 9.77. The van der Waals surface area contributed by atoms with Crippen LogP contribution < -0.4 is 4.90 Å². The lowest BCUT2D eigenvalue weighted by Crippen LogP contribution is -2.28. The SMILES string of the molecule is c1ccc(-c2ccc(N(c3ccc(-c4ccc5c(c4)C(c4ccccc4)(c4ccccc4)c4ccccc4-5)cc3)c3ccc(-c4cccc5c4oc4ccccc45)c(-c4ccccc4)c3)cc2)cc1. The van der Waals surface area contributed by atoms with E-state index in [1.807, 2.05) is 6.07 Å². The fourth-order valence-corrected chi connectivity index (χ4v) is 11.0. The highest BCUT2D eigenvalue weighted by Gasteiger charge is 2.46. The minimum Gasteiger partial charge on any atom is -0.455 e. The summed E-state index contributed by atoms with van der Waals surface area (Å²) in [4.78, 5) is 2.38. The minimum atomic E-state index is -0.467. The summed E-state index contributed by atoms with van der Waals surface area (Å²) in [6.07, 6.45) is 0. The molecule has 0 bridgehead atoms. The number of anilines is 3. The zero-order valence-corrected chi connectivity index (χ0v) is 37.8. The Morgan fingerprint density at radius 2 is 0.754 bits per heavy atom. The van der Waals surface area contributed by atoms with Crippen molar-refractivity contribution >= 4 is 39.0 Å². The molecular weight excluding hydrogens is 835 g/mol. The van der Waals surface area contributed by atoms with E-state index in [1.54, 1.807) is 0 Å². The summed E-state index contributed by atoms with van der Waals surface area (Å²) >= 11 is 0. The maximum atomic E-state index is 6.63. The molecule has 0 N–H and O–H groups in total. The molecule has 0 spiro atoms. The molecule has 0 fully saturated rings. The van der Waals surface area contributed by atoms with Crippen molar-refractivity contribution in [2.75, 3.05) is 4.90 Å². The zero-order chi connectivity index (χ0) is 45.7. The van der Waals surface area contributed by atoms with E-state index in [-0.39, 0.29) is 0 Å².